The van der Waals surface area contributed by atoms with Gasteiger partial charge in [-0.15, -0.1) is 0 Å². The minimum Gasteiger partial charge on any atom is -0.508 e. The predicted octanol–water partition coefficient (Wildman–Crippen LogP) is -0.302. The summed E-state index contributed by atoms with van der Waals surface area (Å²) in [6.07, 6.45) is 0. The van der Waals surface area contributed by atoms with Crippen molar-refractivity contribution in [3.63, 3.8) is 0 Å². The Hall–Kier alpha value is -2.12. The van der Waals surface area contributed by atoms with Crippen molar-refractivity contribution in [3.05, 3.63) is 29.8 Å². The molecule has 1 amide bonds. The standard InChI is InChI=1S/C13H18N2O5/c1-20-8-11(14-7-12(17)18)13(19)15-6-9-2-4-10(16)5-3-9/h2-5,11,14,16H,6-8H2,1H3,(H,15,19)(H,17,18)/t11-/m1/s1. The number of phenols is 1. The molecule has 0 saturated heterocycles. The lowest BCUT2D eigenvalue weighted by Gasteiger charge is -2.16. The second-order valence-electron chi connectivity index (χ2n) is 4.17. The first kappa shape index (κ1) is 15.9. The van der Waals surface area contributed by atoms with Gasteiger partial charge in [0.05, 0.1) is 13.2 Å². The van der Waals surface area contributed by atoms with E-state index in [2.05, 4.69) is 10.6 Å². The molecule has 0 aliphatic heterocycles. The summed E-state index contributed by atoms with van der Waals surface area (Å²) in [4.78, 5) is 22.4. The van der Waals surface area contributed by atoms with Crippen LogP contribution in [0.2, 0.25) is 0 Å². The lowest BCUT2D eigenvalue weighted by molar-refractivity contribution is -0.136. The zero-order valence-corrected chi connectivity index (χ0v) is 11.1. The summed E-state index contributed by atoms with van der Waals surface area (Å²) in [6.45, 7) is 0.0451. The van der Waals surface area contributed by atoms with Crippen LogP contribution in [0.5, 0.6) is 5.75 Å². The number of hydrogen-bond acceptors (Lipinski definition) is 5. The molecule has 20 heavy (non-hydrogen) atoms. The minimum atomic E-state index is -1.04. The third-order valence-corrected chi connectivity index (χ3v) is 2.55. The number of carboxylic acids is 1. The van der Waals surface area contributed by atoms with Crippen LogP contribution in [0, 0.1) is 0 Å². The van der Waals surface area contributed by atoms with Gasteiger partial charge in [-0.05, 0) is 17.7 Å². The van der Waals surface area contributed by atoms with Crippen LogP contribution in [0.1, 0.15) is 5.56 Å². The first-order valence-corrected chi connectivity index (χ1v) is 6.02. The molecule has 0 heterocycles. The topological polar surface area (TPSA) is 108 Å². The molecule has 0 bridgehead atoms. The van der Waals surface area contributed by atoms with Crippen LogP contribution < -0.4 is 10.6 Å². The number of phenolic OH excluding ortho intramolecular Hbond substituents is 1. The second-order valence-corrected chi connectivity index (χ2v) is 4.17. The van der Waals surface area contributed by atoms with Crippen molar-refractivity contribution in [2.24, 2.45) is 0 Å². The molecule has 1 aromatic carbocycles. The lowest BCUT2D eigenvalue weighted by Crippen LogP contribution is -2.48. The van der Waals surface area contributed by atoms with E-state index >= 15 is 0 Å². The summed E-state index contributed by atoms with van der Waals surface area (Å²) in [6, 6.07) is 5.69. The number of benzene rings is 1. The maximum Gasteiger partial charge on any atom is 0.317 e. The van der Waals surface area contributed by atoms with Crippen molar-refractivity contribution in [1.82, 2.24) is 10.6 Å². The highest BCUT2D eigenvalue weighted by molar-refractivity contribution is 5.82. The Bertz CT molecular complexity index is 447. The van der Waals surface area contributed by atoms with Gasteiger partial charge < -0.3 is 20.3 Å². The van der Waals surface area contributed by atoms with Crippen molar-refractivity contribution >= 4 is 11.9 Å². The molecular weight excluding hydrogens is 264 g/mol. The first-order chi connectivity index (χ1) is 9.52. The Morgan fingerprint density at radius 2 is 1.95 bits per heavy atom. The summed E-state index contributed by atoms with van der Waals surface area (Å²) in [5.41, 5.74) is 0.825. The van der Waals surface area contributed by atoms with Gasteiger partial charge in [-0.3, -0.25) is 14.9 Å². The van der Waals surface area contributed by atoms with Gasteiger partial charge in [0.2, 0.25) is 5.91 Å². The van der Waals surface area contributed by atoms with Gasteiger partial charge in [-0.2, -0.15) is 0 Å². The average molecular weight is 282 g/mol. The number of carboxylic acid groups (broad SMARTS) is 1. The molecule has 0 aromatic heterocycles. The Kier molecular flexibility index (Phi) is 6.48. The van der Waals surface area contributed by atoms with Gasteiger partial charge in [-0.1, -0.05) is 12.1 Å². The molecule has 0 unspecified atom stereocenters. The monoisotopic (exact) mass is 282 g/mol. The third kappa shape index (κ3) is 5.68. The van der Waals surface area contributed by atoms with Gasteiger partial charge in [0.15, 0.2) is 0 Å². The Morgan fingerprint density at radius 1 is 1.30 bits per heavy atom. The molecule has 7 nitrogen and oxygen atoms in total. The van der Waals surface area contributed by atoms with E-state index in [9.17, 15) is 9.59 Å². The predicted molar refractivity (Wildman–Crippen MR) is 71.3 cm³/mol. The van der Waals surface area contributed by atoms with E-state index in [1.54, 1.807) is 12.1 Å². The first-order valence-electron chi connectivity index (χ1n) is 6.02. The summed E-state index contributed by atoms with van der Waals surface area (Å²) >= 11 is 0. The number of amides is 1. The Labute approximate surface area is 116 Å². The maximum absolute atomic E-state index is 11.9. The normalized spacial score (nSPS) is 11.8. The van der Waals surface area contributed by atoms with Crippen LogP contribution >= 0.6 is 0 Å². The molecule has 0 spiro atoms. The summed E-state index contributed by atoms with van der Waals surface area (Å²) in [7, 11) is 1.43. The molecule has 0 aliphatic rings. The summed E-state index contributed by atoms with van der Waals surface area (Å²) in [5, 5.41) is 23.0. The molecule has 0 radical (unpaired) electrons. The Morgan fingerprint density at radius 3 is 2.50 bits per heavy atom. The van der Waals surface area contributed by atoms with E-state index in [-0.39, 0.29) is 31.4 Å². The highest BCUT2D eigenvalue weighted by Crippen LogP contribution is 2.09. The van der Waals surface area contributed by atoms with Gasteiger partial charge in [-0.25, -0.2) is 0 Å². The summed E-state index contributed by atoms with van der Waals surface area (Å²) in [5.74, 6) is -1.24. The summed E-state index contributed by atoms with van der Waals surface area (Å²) < 4.78 is 4.88. The SMILES string of the molecule is COC[C@@H](NCC(=O)O)C(=O)NCc1ccc(O)cc1. The number of carbonyl (C=O) groups is 2. The fraction of sp³-hybridized carbons (Fsp3) is 0.385. The minimum absolute atomic E-state index is 0.0781. The van der Waals surface area contributed by atoms with Crippen molar-refractivity contribution in [2.75, 3.05) is 20.3 Å². The molecule has 7 heteroatoms. The van der Waals surface area contributed by atoms with Gasteiger partial charge >= 0.3 is 5.97 Å². The molecule has 0 saturated carbocycles. The molecule has 1 aromatic rings. The van der Waals surface area contributed by atoms with Crippen molar-refractivity contribution in [1.29, 1.82) is 0 Å². The van der Waals surface area contributed by atoms with Crippen LogP contribution in [0.15, 0.2) is 24.3 Å². The van der Waals surface area contributed by atoms with Crippen LogP contribution in [0.3, 0.4) is 0 Å². The highest BCUT2D eigenvalue weighted by Gasteiger charge is 2.18. The van der Waals surface area contributed by atoms with Crippen LogP contribution in [-0.4, -0.2) is 48.4 Å². The number of aliphatic carboxylic acids is 1. The van der Waals surface area contributed by atoms with E-state index in [1.807, 2.05) is 0 Å². The molecule has 0 aliphatic carbocycles. The fourth-order valence-electron chi connectivity index (χ4n) is 1.53. The largest absolute Gasteiger partial charge is 0.508 e. The van der Waals surface area contributed by atoms with Crippen LogP contribution in [0.4, 0.5) is 0 Å². The number of carbonyl (C=O) groups excluding carboxylic acids is 1. The maximum atomic E-state index is 11.9. The quantitative estimate of drug-likeness (QED) is 0.521. The number of aromatic hydroxyl groups is 1. The highest BCUT2D eigenvalue weighted by atomic mass is 16.5. The van der Waals surface area contributed by atoms with Crippen molar-refractivity contribution in [2.45, 2.75) is 12.6 Å². The molecular formula is C13H18N2O5. The van der Waals surface area contributed by atoms with Gasteiger partial charge in [0, 0.05) is 13.7 Å². The number of rotatable bonds is 8. The second kappa shape index (κ2) is 8.13. The molecule has 110 valence electrons. The third-order valence-electron chi connectivity index (χ3n) is 2.55. The Balaban J connectivity index is 2.48. The average Bonchev–Trinajstić information content (AvgIpc) is 2.42. The molecule has 0 fully saturated rings. The zero-order chi connectivity index (χ0) is 15.0. The van der Waals surface area contributed by atoms with Crippen molar-refractivity contribution < 1.29 is 24.5 Å². The van der Waals surface area contributed by atoms with E-state index < -0.39 is 12.0 Å². The number of nitrogens with one attached hydrogen (secondary N) is 2. The molecule has 1 atom stereocenters. The van der Waals surface area contributed by atoms with Gasteiger partial charge in [0.25, 0.3) is 0 Å². The molecule has 1 rings (SSSR count). The van der Waals surface area contributed by atoms with Gasteiger partial charge in [0.1, 0.15) is 11.8 Å². The van der Waals surface area contributed by atoms with E-state index in [0.29, 0.717) is 0 Å². The number of ether oxygens (including phenoxy) is 1. The van der Waals surface area contributed by atoms with Crippen LogP contribution in [-0.2, 0) is 20.9 Å². The number of hydrogen-bond donors (Lipinski definition) is 4. The smallest absolute Gasteiger partial charge is 0.317 e. The fourth-order valence-corrected chi connectivity index (χ4v) is 1.53. The van der Waals surface area contributed by atoms with E-state index in [0.717, 1.165) is 5.56 Å². The zero-order valence-electron chi connectivity index (χ0n) is 11.1. The number of methoxy groups -OCH3 is 1. The lowest BCUT2D eigenvalue weighted by atomic mass is 10.2. The molecule has 4 N–H and O–H groups in total. The van der Waals surface area contributed by atoms with Crippen molar-refractivity contribution in [3.8, 4) is 5.75 Å². The van der Waals surface area contributed by atoms with E-state index in [4.69, 9.17) is 14.9 Å². The van der Waals surface area contributed by atoms with Crippen LogP contribution in [0.25, 0.3) is 0 Å². The van der Waals surface area contributed by atoms with E-state index in [1.165, 1.54) is 19.2 Å².